The summed E-state index contributed by atoms with van der Waals surface area (Å²) in [6.45, 7) is 3.77. The third kappa shape index (κ3) is 2.99. The Morgan fingerprint density at radius 3 is 2.88 bits per heavy atom. The Labute approximate surface area is 94.7 Å². The molecule has 0 aliphatic carbocycles. The van der Waals surface area contributed by atoms with Crippen LogP contribution in [0.5, 0.6) is 0 Å². The maximum atomic E-state index is 10.8. The zero-order valence-electron chi connectivity index (χ0n) is 9.32. The van der Waals surface area contributed by atoms with Crippen LogP contribution in [0.4, 0.5) is 5.82 Å². The predicted octanol–water partition coefficient (Wildman–Crippen LogP) is 1.91. The first-order valence-corrected chi connectivity index (χ1v) is 5.01. The molecule has 1 rings (SSSR count). The van der Waals surface area contributed by atoms with Gasteiger partial charge in [0.05, 0.1) is 6.04 Å². The number of nitrogens with one attached hydrogen (secondary N) is 1. The molecule has 1 heterocycles. The topological polar surface area (TPSA) is 62.2 Å². The van der Waals surface area contributed by atoms with Gasteiger partial charge in [-0.15, -0.1) is 6.42 Å². The van der Waals surface area contributed by atoms with Gasteiger partial charge in [-0.05, 0) is 31.0 Å². The van der Waals surface area contributed by atoms with E-state index in [1.165, 1.54) is 6.07 Å². The lowest BCUT2D eigenvalue weighted by molar-refractivity contribution is 0.0690. The first-order valence-electron chi connectivity index (χ1n) is 5.01. The number of aromatic nitrogens is 1. The number of carboxylic acid groups (broad SMARTS) is 1. The average molecular weight is 218 g/mol. The molecular formula is C12H14N2O2. The first kappa shape index (κ1) is 12.1. The minimum absolute atomic E-state index is 0.0226. The van der Waals surface area contributed by atoms with Crippen molar-refractivity contribution in [3.05, 3.63) is 23.4 Å². The number of rotatable bonds is 4. The van der Waals surface area contributed by atoms with Gasteiger partial charge in [-0.1, -0.05) is 12.8 Å². The highest BCUT2D eigenvalue weighted by molar-refractivity contribution is 5.86. The second-order valence-corrected chi connectivity index (χ2v) is 3.49. The third-order valence-corrected chi connectivity index (χ3v) is 2.12. The SMILES string of the molecule is C#CC(CC)Nc1cc(C)cc(C(=O)O)n1. The van der Waals surface area contributed by atoms with E-state index >= 15 is 0 Å². The molecule has 0 fully saturated rings. The van der Waals surface area contributed by atoms with Crippen molar-refractivity contribution in [3.8, 4) is 12.3 Å². The van der Waals surface area contributed by atoms with Crippen LogP contribution in [0.15, 0.2) is 12.1 Å². The molecule has 0 aromatic carbocycles. The van der Waals surface area contributed by atoms with Crippen molar-refractivity contribution in [1.82, 2.24) is 4.98 Å². The second kappa shape index (κ2) is 5.17. The Morgan fingerprint density at radius 1 is 1.69 bits per heavy atom. The lowest BCUT2D eigenvalue weighted by atomic mass is 10.2. The van der Waals surface area contributed by atoms with Crippen molar-refractivity contribution in [2.45, 2.75) is 26.3 Å². The highest BCUT2D eigenvalue weighted by Gasteiger charge is 2.09. The van der Waals surface area contributed by atoms with Gasteiger partial charge in [-0.3, -0.25) is 0 Å². The van der Waals surface area contributed by atoms with E-state index in [-0.39, 0.29) is 11.7 Å². The van der Waals surface area contributed by atoms with E-state index in [4.69, 9.17) is 11.5 Å². The summed E-state index contributed by atoms with van der Waals surface area (Å²) in [5, 5.41) is 11.9. The van der Waals surface area contributed by atoms with Gasteiger partial charge in [-0.2, -0.15) is 0 Å². The Balaban J connectivity index is 2.97. The van der Waals surface area contributed by atoms with Crippen molar-refractivity contribution >= 4 is 11.8 Å². The smallest absolute Gasteiger partial charge is 0.354 e. The molecular weight excluding hydrogens is 204 g/mol. The summed E-state index contributed by atoms with van der Waals surface area (Å²) in [5.74, 6) is 2.03. The van der Waals surface area contributed by atoms with E-state index in [9.17, 15) is 4.79 Å². The molecule has 1 atom stereocenters. The summed E-state index contributed by atoms with van der Waals surface area (Å²) >= 11 is 0. The molecule has 0 radical (unpaired) electrons. The van der Waals surface area contributed by atoms with Crippen LogP contribution in [0, 0.1) is 19.3 Å². The summed E-state index contributed by atoms with van der Waals surface area (Å²) in [7, 11) is 0. The van der Waals surface area contributed by atoms with E-state index in [1.807, 2.05) is 13.8 Å². The predicted molar refractivity (Wildman–Crippen MR) is 62.5 cm³/mol. The Morgan fingerprint density at radius 2 is 2.38 bits per heavy atom. The van der Waals surface area contributed by atoms with Crippen LogP contribution < -0.4 is 5.32 Å². The van der Waals surface area contributed by atoms with Crippen LogP contribution in [0.3, 0.4) is 0 Å². The van der Waals surface area contributed by atoms with Crippen molar-refractivity contribution in [1.29, 1.82) is 0 Å². The molecule has 0 spiro atoms. The van der Waals surface area contributed by atoms with E-state index in [0.29, 0.717) is 5.82 Å². The highest BCUT2D eigenvalue weighted by Crippen LogP contribution is 2.11. The Bertz CT molecular complexity index is 435. The molecule has 1 aromatic heterocycles. The zero-order valence-corrected chi connectivity index (χ0v) is 9.32. The summed E-state index contributed by atoms with van der Waals surface area (Å²) in [4.78, 5) is 14.8. The van der Waals surface area contributed by atoms with Crippen LogP contribution in [-0.4, -0.2) is 22.1 Å². The van der Waals surface area contributed by atoms with Crippen molar-refractivity contribution in [3.63, 3.8) is 0 Å². The van der Waals surface area contributed by atoms with Gasteiger partial charge < -0.3 is 10.4 Å². The Kier molecular flexibility index (Phi) is 3.90. The number of carboxylic acids is 1. The van der Waals surface area contributed by atoms with Gasteiger partial charge in [0.2, 0.25) is 0 Å². The highest BCUT2D eigenvalue weighted by atomic mass is 16.4. The van der Waals surface area contributed by atoms with Crippen LogP contribution in [-0.2, 0) is 0 Å². The van der Waals surface area contributed by atoms with Gasteiger partial charge in [0.15, 0.2) is 5.69 Å². The number of pyridine rings is 1. The molecule has 0 aliphatic heterocycles. The fourth-order valence-electron chi connectivity index (χ4n) is 1.29. The van der Waals surface area contributed by atoms with Gasteiger partial charge in [0, 0.05) is 0 Å². The van der Waals surface area contributed by atoms with Gasteiger partial charge in [0.1, 0.15) is 5.82 Å². The van der Waals surface area contributed by atoms with Crippen LogP contribution in [0.2, 0.25) is 0 Å². The fourth-order valence-corrected chi connectivity index (χ4v) is 1.29. The normalized spacial score (nSPS) is 11.6. The second-order valence-electron chi connectivity index (χ2n) is 3.49. The molecule has 0 aliphatic rings. The van der Waals surface area contributed by atoms with Gasteiger partial charge in [0.25, 0.3) is 0 Å². The van der Waals surface area contributed by atoms with E-state index in [2.05, 4.69) is 16.2 Å². The lowest BCUT2D eigenvalue weighted by Gasteiger charge is -2.12. The number of aryl methyl sites for hydroxylation is 1. The van der Waals surface area contributed by atoms with Crippen molar-refractivity contribution in [2.24, 2.45) is 0 Å². The summed E-state index contributed by atoms with van der Waals surface area (Å²) in [6, 6.07) is 3.16. The number of nitrogens with zero attached hydrogens (tertiary/aromatic N) is 1. The number of anilines is 1. The lowest BCUT2D eigenvalue weighted by Crippen LogP contribution is -2.17. The molecule has 1 aromatic rings. The minimum Gasteiger partial charge on any atom is -0.477 e. The van der Waals surface area contributed by atoms with Crippen LogP contribution in [0.1, 0.15) is 29.4 Å². The molecule has 2 N–H and O–H groups in total. The molecule has 4 nitrogen and oxygen atoms in total. The summed E-state index contributed by atoms with van der Waals surface area (Å²) in [5.41, 5.74) is 0.858. The van der Waals surface area contributed by atoms with Crippen molar-refractivity contribution in [2.75, 3.05) is 5.32 Å². The molecule has 0 saturated heterocycles. The standard InChI is InChI=1S/C12H14N2O2/c1-4-9(5-2)13-11-7-8(3)6-10(14-11)12(15)16/h1,6-7,9H,5H2,2-3H3,(H,13,14)(H,15,16). The number of aromatic carboxylic acids is 1. The average Bonchev–Trinajstić information content (AvgIpc) is 2.25. The molecule has 0 bridgehead atoms. The van der Waals surface area contributed by atoms with E-state index < -0.39 is 5.97 Å². The number of hydrogen-bond acceptors (Lipinski definition) is 3. The van der Waals surface area contributed by atoms with Gasteiger partial charge >= 0.3 is 5.97 Å². The minimum atomic E-state index is -1.04. The number of carbonyl (C=O) groups is 1. The molecule has 1 unspecified atom stereocenters. The monoisotopic (exact) mass is 218 g/mol. The van der Waals surface area contributed by atoms with E-state index in [0.717, 1.165) is 12.0 Å². The van der Waals surface area contributed by atoms with E-state index in [1.54, 1.807) is 6.07 Å². The molecule has 84 valence electrons. The zero-order chi connectivity index (χ0) is 12.1. The first-order chi connectivity index (χ1) is 7.56. The number of terminal acetylenes is 1. The Hall–Kier alpha value is -2.02. The quantitative estimate of drug-likeness (QED) is 0.758. The molecule has 0 amide bonds. The van der Waals surface area contributed by atoms with Crippen LogP contribution >= 0.6 is 0 Å². The summed E-state index contributed by atoms with van der Waals surface area (Å²) < 4.78 is 0. The fraction of sp³-hybridized carbons (Fsp3) is 0.333. The molecule has 4 heteroatoms. The van der Waals surface area contributed by atoms with Crippen molar-refractivity contribution < 1.29 is 9.90 Å². The largest absolute Gasteiger partial charge is 0.477 e. The molecule has 0 saturated carbocycles. The molecule has 16 heavy (non-hydrogen) atoms. The summed E-state index contributed by atoms with van der Waals surface area (Å²) in [6.07, 6.45) is 6.07. The maximum absolute atomic E-state index is 10.8. The van der Waals surface area contributed by atoms with Gasteiger partial charge in [-0.25, -0.2) is 9.78 Å². The van der Waals surface area contributed by atoms with Crippen LogP contribution in [0.25, 0.3) is 0 Å². The maximum Gasteiger partial charge on any atom is 0.354 e. The third-order valence-electron chi connectivity index (χ3n) is 2.12. The number of hydrogen-bond donors (Lipinski definition) is 2.